The van der Waals surface area contributed by atoms with E-state index in [2.05, 4.69) is 23.2 Å². The molecule has 0 aliphatic rings. The number of nitrogens with zero attached hydrogens (tertiary/aromatic N) is 2. The summed E-state index contributed by atoms with van der Waals surface area (Å²) in [4.78, 5) is 1.22. The van der Waals surface area contributed by atoms with E-state index < -0.39 is 0 Å². The molecule has 2 nitrogen and oxygen atoms in total. The molecular weight excluding hydrogens is 180 g/mol. The maximum atomic E-state index is 4.06. The van der Waals surface area contributed by atoms with Crippen molar-refractivity contribution in [2.75, 3.05) is 5.75 Å². The van der Waals surface area contributed by atoms with Crippen LogP contribution in [0.25, 0.3) is 10.9 Å². The number of hydrogen-bond acceptors (Lipinski definition) is 3. The molecule has 0 aliphatic heterocycles. The number of hydrogen-bond donors (Lipinski definition) is 0. The van der Waals surface area contributed by atoms with Gasteiger partial charge in [-0.05, 0) is 11.8 Å². The Morgan fingerprint density at radius 1 is 1.31 bits per heavy atom. The maximum absolute atomic E-state index is 4.06. The van der Waals surface area contributed by atoms with Crippen LogP contribution in [0.1, 0.15) is 6.92 Å². The zero-order valence-electron chi connectivity index (χ0n) is 7.40. The molecule has 0 fully saturated rings. The van der Waals surface area contributed by atoms with Crippen molar-refractivity contribution in [3.63, 3.8) is 0 Å². The van der Waals surface area contributed by atoms with Crippen LogP contribution in [-0.4, -0.2) is 16.0 Å². The van der Waals surface area contributed by atoms with Crippen LogP contribution in [0.3, 0.4) is 0 Å². The van der Waals surface area contributed by atoms with E-state index in [4.69, 9.17) is 0 Å². The predicted molar refractivity (Wildman–Crippen MR) is 55.9 cm³/mol. The molecular formula is C10H10N2S. The van der Waals surface area contributed by atoms with E-state index in [0.717, 1.165) is 11.3 Å². The highest BCUT2D eigenvalue weighted by Gasteiger charge is 2.00. The van der Waals surface area contributed by atoms with Crippen molar-refractivity contribution in [1.29, 1.82) is 0 Å². The normalized spacial score (nSPS) is 10.5. The summed E-state index contributed by atoms with van der Waals surface area (Å²) in [5.41, 5.74) is 0.973. The highest BCUT2D eigenvalue weighted by Crippen LogP contribution is 2.24. The van der Waals surface area contributed by atoms with Crippen LogP contribution >= 0.6 is 11.8 Å². The average Bonchev–Trinajstić information content (AvgIpc) is 2.19. The Kier molecular flexibility index (Phi) is 2.45. The van der Waals surface area contributed by atoms with Gasteiger partial charge in [0.1, 0.15) is 0 Å². The Morgan fingerprint density at radius 2 is 2.15 bits per heavy atom. The van der Waals surface area contributed by atoms with Gasteiger partial charge in [0, 0.05) is 10.3 Å². The van der Waals surface area contributed by atoms with Crippen molar-refractivity contribution in [2.24, 2.45) is 0 Å². The minimum atomic E-state index is 0.973. The van der Waals surface area contributed by atoms with Crippen molar-refractivity contribution in [1.82, 2.24) is 10.2 Å². The number of thioether (sulfide) groups is 1. The van der Waals surface area contributed by atoms with Crippen LogP contribution in [0.2, 0.25) is 0 Å². The standard InChI is InChI=1S/C10H10N2S/c1-2-13-10-7-11-12-9-6-4-3-5-8(9)10/h3-7H,2H2,1H3. The Hall–Kier alpha value is -1.09. The highest BCUT2D eigenvalue weighted by atomic mass is 32.2. The zero-order chi connectivity index (χ0) is 9.10. The van der Waals surface area contributed by atoms with Crippen LogP contribution < -0.4 is 0 Å². The molecule has 1 aromatic carbocycles. The van der Waals surface area contributed by atoms with Gasteiger partial charge in [-0.2, -0.15) is 10.2 Å². The van der Waals surface area contributed by atoms with Crippen molar-refractivity contribution in [3.05, 3.63) is 30.5 Å². The summed E-state index contributed by atoms with van der Waals surface area (Å²) < 4.78 is 0. The summed E-state index contributed by atoms with van der Waals surface area (Å²) in [5, 5.41) is 9.22. The molecule has 13 heavy (non-hydrogen) atoms. The van der Waals surface area contributed by atoms with Gasteiger partial charge in [0.15, 0.2) is 0 Å². The van der Waals surface area contributed by atoms with Gasteiger partial charge in [0.25, 0.3) is 0 Å². The largest absolute Gasteiger partial charge is 0.157 e. The van der Waals surface area contributed by atoms with E-state index in [0.29, 0.717) is 0 Å². The van der Waals surface area contributed by atoms with E-state index in [1.165, 1.54) is 10.3 Å². The fraction of sp³-hybridized carbons (Fsp3) is 0.200. The van der Waals surface area contributed by atoms with Gasteiger partial charge in [-0.25, -0.2) is 0 Å². The van der Waals surface area contributed by atoms with Crippen molar-refractivity contribution < 1.29 is 0 Å². The number of rotatable bonds is 2. The summed E-state index contributed by atoms with van der Waals surface area (Å²) >= 11 is 1.80. The molecule has 3 heteroatoms. The molecule has 66 valence electrons. The second-order valence-corrected chi connectivity index (χ2v) is 3.96. The topological polar surface area (TPSA) is 25.8 Å². The van der Waals surface area contributed by atoms with E-state index in [9.17, 15) is 0 Å². The summed E-state index contributed by atoms with van der Waals surface area (Å²) in [6, 6.07) is 8.09. The Labute approximate surface area is 81.4 Å². The van der Waals surface area contributed by atoms with E-state index in [1.807, 2.05) is 24.4 Å². The molecule has 2 rings (SSSR count). The molecule has 2 aromatic rings. The Bertz CT molecular complexity index is 409. The van der Waals surface area contributed by atoms with Crippen molar-refractivity contribution in [3.8, 4) is 0 Å². The van der Waals surface area contributed by atoms with Crippen LogP contribution in [0.15, 0.2) is 35.4 Å². The first-order valence-electron chi connectivity index (χ1n) is 4.25. The van der Waals surface area contributed by atoms with E-state index >= 15 is 0 Å². The number of aromatic nitrogens is 2. The third-order valence-electron chi connectivity index (χ3n) is 1.81. The lowest BCUT2D eigenvalue weighted by atomic mass is 10.2. The molecule has 1 heterocycles. The van der Waals surface area contributed by atoms with Crippen LogP contribution in [0.4, 0.5) is 0 Å². The average molecular weight is 190 g/mol. The SMILES string of the molecule is CCSc1cnnc2ccccc12. The molecule has 0 atom stereocenters. The summed E-state index contributed by atoms with van der Waals surface area (Å²) in [5.74, 6) is 1.07. The van der Waals surface area contributed by atoms with Gasteiger partial charge in [-0.1, -0.05) is 25.1 Å². The zero-order valence-corrected chi connectivity index (χ0v) is 8.21. The maximum Gasteiger partial charge on any atom is 0.0940 e. The van der Waals surface area contributed by atoms with Crippen molar-refractivity contribution in [2.45, 2.75) is 11.8 Å². The van der Waals surface area contributed by atoms with E-state index in [-0.39, 0.29) is 0 Å². The molecule has 0 saturated carbocycles. The molecule has 0 bridgehead atoms. The van der Waals surface area contributed by atoms with Crippen molar-refractivity contribution >= 4 is 22.7 Å². The van der Waals surface area contributed by atoms with Crippen LogP contribution in [0.5, 0.6) is 0 Å². The van der Waals surface area contributed by atoms with Gasteiger partial charge >= 0.3 is 0 Å². The third-order valence-corrected chi connectivity index (χ3v) is 2.73. The quantitative estimate of drug-likeness (QED) is 0.681. The van der Waals surface area contributed by atoms with Gasteiger partial charge in [-0.15, -0.1) is 11.8 Å². The second-order valence-electron chi connectivity index (χ2n) is 2.66. The fourth-order valence-corrected chi connectivity index (χ4v) is 2.01. The monoisotopic (exact) mass is 190 g/mol. The lowest BCUT2D eigenvalue weighted by Crippen LogP contribution is -1.85. The first-order chi connectivity index (χ1) is 6.42. The van der Waals surface area contributed by atoms with E-state index in [1.54, 1.807) is 11.8 Å². The number of benzene rings is 1. The first kappa shape index (κ1) is 8.51. The molecule has 0 radical (unpaired) electrons. The lowest BCUT2D eigenvalue weighted by Gasteiger charge is -2.01. The smallest absolute Gasteiger partial charge is 0.0940 e. The number of fused-ring (bicyclic) bond motifs is 1. The predicted octanol–water partition coefficient (Wildman–Crippen LogP) is 2.74. The molecule has 0 aliphatic carbocycles. The van der Waals surface area contributed by atoms with Gasteiger partial charge in [-0.3, -0.25) is 0 Å². The molecule has 0 spiro atoms. The molecule has 0 amide bonds. The first-order valence-corrected chi connectivity index (χ1v) is 5.23. The summed E-state index contributed by atoms with van der Waals surface area (Å²) in [7, 11) is 0. The van der Waals surface area contributed by atoms with Gasteiger partial charge in [0.2, 0.25) is 0 Å². The fourth-order valence-electron chi connectivity index (χ4n) is 1.25. The Balaban J connectivity index is 2.61. The molecule has 0 saturated heterocycles. The summed E-state index contributed by atoms with van der Waals surface area (Å²) in [6.07, 6.45) is 1.83. The van der Waals surface area contributed by atoms with Crippen LogP contribution in [-0.2, 0) is 0 Å². The molecule has 0 N–H and O–H groups in total. The van der Waals surface area contributed by atoms with Gasteiger partial charge < -0.3 is 0 Å². The highest BCUT2D eigenvalue weighted by molar-refractivity contribution is 7.99. The van der Waals surface area contributed by atoms with Gasteiger partial charge in [0.05, 0.1) is 11.7 Å². The summed E-state index contributed by atoms with van der Waals surface area (Å²) in [6.45, 7) is 2.14. The minimum absolute atomic E-state index is 0.973. The molecule has 0 unspecified atom stereocenters. The third kappa shape index (κ3) is 1.65. The Morgan fingerprint density at radius 3 is 3.00 bits per heavy atom. The second kappa shape index (κ2) is 3.75. The molecule has 1 aromatic heterocycles. The minimum Gasteiger partial charge on any atom is -0.157 e. The lowest BCUT2D eigenvalue weighted by molar-refractivity contribution is 1.05. The van der Waals surface area contributed by atoms with Crippen LogP contribution in [0, 0.1) is 0 Å².